The summed E-state index contributed by atoms with van der Waals surface area (Å²) in [7, 11) is 0. The number of aromatic carboxylic acids is 2. The maximum atomic E-state index is 12.8. The number of rotatable bonds is 14. The maximum Gasteiger partial charge on any atom is 0.336 e. The largest absolute Gasteiger partial charge is 0.507 e. The van der Waals surface area contributed by atoms with Gasteiger partial charge in [-0.25, -0.2) is 9.59 Å². The molecule has 2 fully saturated rings. The molecule has 43 heavy (non-hydrogen) atoms. The third-order valence-corrected chi connectivity index (χ3v) is 8.91. The number of carbonyl (C=O) groups is 2. The molecule has 3 aromatic rings. The van der Waals surface area contributed by atoms with E-state index in [-0.39, 0.29) is 11.3 Å². The van der Waals surface area contributed by atoms with Crippen LogP contribution in [0.4, 0.5) is 0 Å². The second-order valence-electron chi connectivity index (χ2n) is 11.8. The SMILES string of the molecule is O=C(O)c1ccc2c(c1)c(O)cc1c(CCCCCN3CCOCC3)c(C(=O)O)c(CCCCCN3CCOCC3)cc12. The lowest BCUT2D eigenvalue weighted by Crippen LogP contribution is -2.36. The van der Waals surface area contributed by atoms with Crippen LogP contribution in [-0.4, -0.2) is 103 Å². The van der Waals surface area contributed by atoms with Gasteiger partial charge in [-0.2, -0.15) is 0 Å². The van der Waals surface area contributed by atoms with Crippen molar-refractivity contribution >= 4 is 33.5 Å². The molecule has 3 aromatic carbocycles. The van der Waals surface area contributed by atoms with Crippen LogP contribution in [0, 0.1) is 0 Å². The Hall–Kier alpha value is -3.24. The highest BCUT2D eigenvalue weighted by Gasteiger charge is 2.22. The molecule has 0 saturated carbocycles. The zero-order valence-corrected chi connectivity index (χ0v) is 25.0. The fourth-order valence-electron chi connectivity index (χ4n) is 6.56. The Kier molecular flexibility index (Phi) is 10.9. The first kappa shape index (κ1) is 31.2. The van der Waals surface area contributed by atoms with E-state index < -0.39 is 11.9 Å². The van der Waals surface area contributed by atoms with Crippen LogP contribution in [-0.2, 0) is 22.3 Å². The van der Waals surface area contributed by atoms with Gasteiger partial charge in [0.2, 0.25) is 0 Å². The molecule has 0 spiro atoms. The lowest BCUT2D eigenvalue weighted by Gasteiger charge is -2.26. The van der Waals surface area contributed by atoms with E-state index >= 15 is 0 Å². The highest BCUT2D eigenvalue weighted by Crippen LogP contribution is 2.38. The topological polar surface area (TPSA) is 120 Å². The van der Waals surface area contributed by atoms with Crippen molar-refractivity contribution in [1.29, 1.82) is 0 Å². The molecule has 2 saturated heterocycles. The van der Waals surface area contributed by atoms with Crippen molar-refractivity contribution < 1.29 is 34.4 Å². The highest BCUT2D eigenvalue weighted by molar-refractivity contribution is 6.14. The van der Waals surface area contributed by atoms with Crippen LogP contribution in [0.25, 0.3) is 21.5 Å². The van der Waals surface area contributed by atoms with Crippen LogP contribution in [0.15, 0.2) is 30.3 Å². The molecule has 0 unspecified atom stereocenters. The number of carboxylic acids is 2. The van der Waals surface area contributed by atoms with Crippen LogP contribution in [0.1, 0.15) is 70.4 Å². The number of aromatic hydroxyl groups is 1. The maximum absolute atomic E-state index is 12.8. The molecule has 0 radical (unpaired) electrons. The Morgan fingerprint density at radius 2 is 1.26 bits per heavy atom. The Morgan fingerprint density at radius 3 is 1.84 bits per heavy atom. The number of aryl methyl sites for hydroxylation is 2. The summed E-state index contributed by atoms with van der Waals surface area (Å²) in [6, 6.07) is 8.37. The molecular formula is C34H44N2O7. The van der Waals surface area contributed by atoms with Gasteiger partial charge in [0.15, 0.2) is 0 Å². The number of morpholine rings is 2. The number of hydrogen-bond donors (Lipinski definition) is 3. The van der Waals surface area contributed by atoms with E-state index in [9.17, 15) is 24.9 Å². The fraction of sp³-hybridized carbons (Fsp3) is 0.529. The van der Waals surface area contributed by atoms with Gasteiger partial charge in [0.25, 0.3) is 0 Å². The van der Waals surface area contributed by atoms with Gasteiger partial charge in [-0.15, -0.1) is 0 Å². The van der Waals surface area contributed by atoms with Crippen molar-refractivity contribution in [1.82, 2.24) is 9.80 Å². The van der Waals surface area contributed by atoms with E-state index in [1.165, 1.54) is 6.07 Å². The molecule has 2 aliphatic rings. The molecular weight excluding hydrogens is 548 g/mol. The quantitative estimate of drug-likeness (QED) is 0.172. The molecule has 0 aromatic heterocycles. The molecule has 9 heteroatoms. The minimum atomic E-state index is -1.06. The van der Waals surface area contributed by atoms with Gasteiger partial charge in [0.05, 0.1) is 37.6 Å². The third-order valence-electron chi connectivity index (χ3n) is 8.91. The number of benzene rings is 3. The molecule has 9 nitrogen and oxygen atoms in total. The molecule has 5 rings (SSSR count). The van der Waals surface area contributed by atoms with Crippen molar-refractivity contribution in [3.63, 3.8) is 0 Å². The van der Waals surface area contributed by atoms with Gasteiger partial charge in [0, 0.05) is 31.6 Å². The lowest BCUT2D eigenvalue weighted by molar-refractivity contribution is 0.0371. The zero-order chi connectivity index (χ0) is 30.2. The second-order valence-corrected chi connectivity index (χ2v) is 11.8. The summed E-state index contributed by atoms with van der Waals surface area (Å²) in [5, 5.41) is 33.8. The van der Waals surface area contributed by atoms with Crippen molar-refractivity contribution in [3.05, 3.63) is 52.6 Å². The average molecular weight is 593 g/mol. The number of hydrogen-bond acceptors (Lipinski definition) is 7. The van der Waals surface area contributed by atoms with Crippen LogP contribution in [0.5, 0.6) is 5.75 Å². The van der Waals surface area contributed by atoms with Crippen LogP contribution < -0.4 is 0 Å². The smallest absolute Gasteiger partial charge is 0.336 e. The van der Waals surface area contributed by atoms with E-state index in [2.05, 4.69) is 9.80 Å². The number of phenolic OH excluding ortho intramolecular Hbond substituents is 1. The zero-order valence-electron chi connectivity index (χ0n) is 25.0. The van der Waals surface area contributed by atoms with Crippen LogP contribution in [0.3, 0.4) is 0 Å². The van der Waals surface area contributed by atoms with Gasteiger partial charge in [-0.3, -0.25) is 9.80 Å². The van der Waals surface area contributed by atoms with E-state index in [1.54, 1.807) is 18.2 Å². The van der Waals surface area contributed by atoms with E-state index in [0.29, 0.717) is 23.8 Å². The standard InChI is InChI=1S/C34H44N2O7/c37-31-23-29-27(8-4-2-6-12-36-15-19-43-20-16-36)32(34(40)41)24(7-3-1-5-11-35-13-17-42-18-14-35)21-28(29)26-10-9-25(33(38)39)22-30(26)31/h9-10,21-23,37H,1-8,11-20H2,(H,38,39)(H,40,41). The van der Waals surface area contributed by atoms with Crippen LogP contribution in [0.2, 0.25) is 0 Å². The second kappa shape index (κ2) is 15.0. The molecule has 0 atom stereocenters. The highest BCUT2D eigenvalue weighted by atomic mass is 16.5. The van der Waals surface area contributed by atoms with Crippen molar-refractivity contribution in [2.45, 2.75) is 51.4 Å². The number of phenols is 1. The van der Waals surface area contributed by atoms with Crippen molar-refractivity contribution in [3.8, 4) is 5.75 Å². The van der Waals surface area contributed by atoms with Crippen molar-refractivity contribution in [2.75, 3.05) is 65.7 Å². The Bertz CT molecular complexity index is 1430. The normalized spacial score (nSPS) is 16.7. The molecule has 3 N–H and O–H groups in total. The summed E-state index contributed by atoms with van der Waals surface area (Å²) in [6.45, 7) is 9.00. The minimum Gasteiger partial charge on any atom is -0.507 e. The van der Waals surface area contributed by atoms with Gasteiger partial charge in [-0.05, 0) is 103 Å². The van der Waals surface area contributed by atoms with Gasteiger partial charge < -0.3 is 24.8 Å². The van der Waals surface area contributed by atoms with Gasteiger partial charge >= 0.3 is 11.9 Å². The first-order valence-electron chi connectivity index (χ1n) is 15.7. The number of ether oxygens (including phenoxy) is 2. The summed E-state index contributed by atoms with van der Waals surface area (Å²) in [5.74, 6) is -2.03. The monoisotopic (exact) mass is 592 g/mol. The molecule has 0 bridgehead atoms. The Morgan fingerprint density at radius 1 is 0.651 bits per heavy atom. The van der Waals surface area contributed by atoms with E-state index in [0.717, 1.165) is 132 Å². The Balaban J connectivity index is 1.40. The summed E-state index contributed by atoms with van der Waals surface area (Å²) in [5.41, 5.74) is 2.03. The summed E-state index contributed by atoms with van der Waals surface area (Å²) >= 11 is 0. The predicted molar refractivity (Wildman–Crippen MR) is 167 cm³/mol. The van der Waals surface area contributed by atoms with Crippen molar-refractivity contribution in [2.24, 2.45) is 0 Å². The summed E-state index contributed by atoms with van der Waals surface area (Å²) in [6.07, 6.45) is 7.06. The molecule has 2 aliphatic heterocycles. The molecule has 0 aliphatic carbocycles. The number of unbranched alkanes of at least 4 members (excludes halogenated alkanes) is 4. The van der Waals surface area contributed by atoms with E-state index in [4.69, 9.17) is 9.47 Å². The first-order valence-corrected chi connectivity index (χ1v) is 15.7. The number of fused-ring (bicyclic) bond motifs is 3. The third kappa shape index (κ3) is 7.84. The summed E-state index contributed by atoms with van der Waals surface area (Å²) in [4.78, 5) is 29.2. The first-order chi connectivity index (χ1) is 20.9. The van der Waals surface area contributed by atoms with Crippen LogP contribution >= 0.6 is 0 Å². The van der Waals surface area contributed by atoms with Gasteiger partial charge in [-0.1, -0.05) is 18.9 Å². The predicted octanol–water partition coefficient (Wildman–Crippen LogP) is 5.19. The summed E-state index contributed by atoms with van der Waals surface area (Å²) < 4.78 is 10.9. The molecule has 0 amide bonds. The molecule has 232 valence electrons. The average Bonchev–Trinajstić information content (AvgIpc) is 3.01. The molecule has 2 heterocycles. The number of nitrogens with zero attached hydrogens (tertiary/aromatic N) is 2. The fourth-order valence-corrected chi connectivity index (χ4v) is 6.56. The number of carboxylic acid groups (broad SMARTS) is 2. The van der Waals surface area contributed by atoms with E-state index in [1.807, 2.05) is 6.07 Å². The van der Waals surface area contributed by atoms with Gasteiger partial charge in [0.1, 0.15) is 5.75 Å². The minimum absolute atomic E-state index is 0.0358. The lowest BCUT2D eigenvalue weighted by atomic mass is 9.86. The Labute approximate surface area is 253 Å².